The van der Waals surface area contributed by atoms with E-state index in [2.05, 4.69) is 37.4 Å². The number of allylic oxidation sites excluding steroid dienone is 3. The highest BCUT2D eigenvalue weighted by atomic mass is 16.5. The fourth-order valence-electron chi connectivity index (χ4n) is 5.18. The number of amides is 1. The van der Waals surface area contributed by atoms with E-state index in [1.165, 1.54) is 89.9 Å². The molecule has 250 valence electrons. The van der Waals surface area contributed by atoms with Crippen LogP contribution in [-0.4, -0.2) is 35.6 Å². The van der Waals surface area contributed by atoms with Crippen molar-refractivity contribution >= 4 is 17.8 Å². The summed E-state index contributed by atoms with van der Waals surface area (Å²) in [6.45, 7) is 4.11. The summed E-state index contributed by atoms with van der Waals surface area (Å²) in [5.74, 6) is -1.35. The van der Waals surface area contributed by atoms with Crippen LogP contribution in [0.5, 0.6) is 0 Å². The number of carbonyl (C=O) groups excluding carboxylic acids is 2. The molecule has 0 aliphatic carbocycles. The molecule has 0 aromatic carbocycles. The van der Waals surface area contributed by atoms with E-state index in [9.17, 15) is 14.4 Å². The number of carboxylic acids is 1. The molecule has 0 rings (SSSR count). The molecule has 0 spiro atoms. The fourth-order valence-corrected chi connectivity index (χ4v) is 5.18. The molecule has 1 atom stereocenters. The molecule has 1 amide bonds. The van der Waals surface area contributed by atoms with Crippen LogP contribution in [0.2, 0.25) is 0 Å². The second kappa shape index (κ2) is 32.8. The molecule has 6 heteroatoms. The largest absolute Gasteiger partial charge is 0.480 e. The standard InChI is InChI=1S/C37H67NO5/c1-3-5-7-9-11-12-13-14-15-16-17-18-19-20-22-28-32-37(42)43-34(29-25-21-10-8-6-4-2)30-26-23-24-27-31-35(39)38-33-36(40)41/h8,10,25,29,34H,3-7,9,11-24,26-28,30-33H2,1-2H3,(H,38,39)(H,40,41)/b10-8-,29-25-. The average molecular weight is 606 g/mol. The number of carbonyl (C=O) groups is 3. The lowest BCUT2D eigenvalue weighted by Gasteiger charge is -2.14. The predicted octanol–water partition coefficient (Wildman–Crippen LogP) is 10.4. The van der Waals surface area contributed by atoms with Crippen LogP contribution in [0.4, 0.5) is 0 Å². The molecular formula is C37H67NO5. The SMILES string of the molecule is CCC/C=C\C/C=C\C(CCCCCCC(=O)NCC(=O)O)OC(=O)CCCCCCCCCCCCCCCCCC. The molecule has 43 heavy (non-hydrogen) atoms. The van der Waals surface area contributed by atoms with Crippen molar-refractivity contribution in [2.45, 2.75) is 187 Å². The smallest absolute Gasteiger partial charge is 0.322 e. The summed E-state index contributed by atoms with van der Waals surface area (Å²) in [5, 5.41) is 11.0. The Balaban J connectivity index is 4.01. The van der Waals surface area contributed by atoms with Crippen molar-refractivity contribution in [3.05, 3.63) is 24.3 Å². The van der Waals surface area contributed by atoms with Crippen LogP contribution in [0, 0.1) is 0 Å². The second-order valence-electron chi connectivity index (χ2n) is 12.1. The second-order valence-corrected chi connectivity index (χ2v) is 12.1. The summed E-state index contributed by atoms with van der Waals surface area (Å²) in [6.07, 6.45) is 37.5. The maximum Gasteiger partial charge on any atom is 0.322 e. The van der Waals surface area contributed by atoms with Crippen molar-refractivity contribution in [3.8, 4) is 0 Å². The lowest BCUT2D eigenvalue weighted by molar-refractivity contribution is -0.147. The van der Waals surface area contributed by atoms with Gasteiger partial charge in [0.05, 0.1) is 0 Å². The first-order valence-corrected chi connectivity index (χ1v) is 18.0. The van der Waals surface area contributed by atoms with Gasteiger partial charge in [-0.1, -0.05) is 148 Å². The molecule has 0 aliphatic rings. The zero-order valence-electron chi connectivity index (χ0n) is 28.1. The minimum Gasteiger partial charge on any atom is -0.480 e. The van der Waals surface area contributed by atoms with E-state index in [-0.39, 0.29) is 24.5 Å². The first-order valence-electron chi connectivity index (χ1n) is 18.0. The van der Waals surface area contributed by atoms with Gasteiger partial charge in [0.15, 0.2) is 0 Å². The lowest BCUT2D eigenvalue weighted by atomic mass is 10.0. The Morgan fingerprint density at radius 3 is 1.67 bits per heavy atom. The van der Waals surface area contributed by atoms with Gasteiger partial charge in [-0.25, -0.2) is 0 Å². The van der Waals surface area contributed by atoms with Crippen LogP contribution in [0.1, 0.15) is 181 Å². The van der Waals surface area contributed by atoms with Gasteiger partial charge in [0, 0.05) is 12.8 Å². The van der Waals surface area contributed by atoms with E-state index in [0.29, 0.717) is 12.8 Å². The number of hydrogen-bond donors (Lipinski definition) is 2. The van der Waals surface area contributed by atoms with Gasteiger partial charge >= 0.3 is 11.9 Å². The lowest BCUT2D eigenvalue weighted by Crippen LogP contribution is -2.28. The number of esters is 1. The van der Waals surface area contributed by atoms with E-state index in [4.69, 9.17) is 9.84 Å². The number of nitrogens with one attached hydrogen (secondary N) is 1. The topological polar surface area (TPSA) is 92.7 Å². The molecule has 0 bridgehead atoms. The maximum absolute atomic E-state index is 12.5. The van der Waals surface area contributed by atoms with Crippen molar-refractivity contribution < 1.29 is 24.2 Å². The molecular weight excluding hydrogens is 538 g/mol. The van der Waals surface area contributed by atoms with Gasteiger partial charge in [-0.05, 0) is 44.6 Å². The van der Waals surface area contributed by atoms with Crippen molar-refractivity contribution in [3.63, 3.8) is 0 Å². The Bertz CT molecular complexity index is 718. The third kappa shape index (κ3) is 32.6. The molecule has 0 radical (unpaired) electrons. The third-order valence-corrected chi connectivity index (χ3v) is 7.84. The van der Waals surface area contributed by atoms with Crippen molar-refractivity contribution in [2.75, 3.05) is 6.54 Å². The van der Waals surface area contributed by atoms with E-state index >= 15 is 0 Å². The van der Waals surface area contributed by atoms with E-state index < -0.39 is 5.97 Å². The molecule has 0 aromatic heterocycles. The number of ether oxygens (including phenoxy) is 1. The zero-order valence-corrected chi connectivity index (χ0v) is 28.1. The van der Waals surface area contributed by atoms with Crippen LogP contribution in [0.25, 0.3) is 0 Å². The Kier molecular flexibility index (Phi) is 31.2. The van der Waals surface area contributed by atoms with Crippen LogP contribution in [0.3, 0.4) is 0 Å². The molecule has 0 aromatic rings. The van der Waals surface area contributed by atoms with Gasteiger partial charge in [0.1, 0.15) is 12.6 Å². The third-order valence-electron chi connectivity index (χ3n) is 7.84. The summed E-state index contributed by atoms with van der Waals surface area (Å²) in [6, 6.07) is 0. The maximum atomic E-state index is 12.5. The quantitative estimate of drug-likeness (QED) is 0.0452. The molecule has 0 saturated heterocycles. The molecule has 0 saturated carbocycles. The number of rotatable bonds is 32. The Morgan fingerprint density at radius 2 is 1.14 bits per heavy atom. The number of unbranched alkanes of at least 4 members (excludes halogenated alkanes) is 19. The summed E-state index contributed by atoms with van der Waals surface area (Å²) in [5.41, 5.74) is 0. The van der Waals surface area contributed by atoms with Crippen LogP contribution in [0.15, 0.2) is 24.3 Å². The number of carboxylic acid groups (broad SMARTS) is 1. The molecule has 0 heterocycles. The summed E-state index contributed by atoms with van der Waals surface area (Å²) < 4.78 is 5.83. The normalized spacial score (nSPS) is 12.2. The molecule has 6 nitrogen and oxygen atoms in total. The zero-order chi connectivity index (χ0) is 31.6. The Labute approximate surface area is 264 Å². The number of aliphatic carboxylic acids is 1. The van der Waals surface area contributed by atoms with Gasteiger partial charge < -0.3 is 15.2 Å². The molecule has 1 unspecified atom stereocenters. The predicted molar refractivity (Wildman–Crippen MR) is 180 cm³/mol. The van der Waals surface area contributed by atoms with Gasteiger partial charge in [-0.3, -0.25) is 14.4 Å². The van der Waals surface area contributed by atoms with Crippen LogP contribution in [-0.2, 0) is 19.1 Å². The Hall–Kier alpha value is -2.11. The Morgan fingerprint density at radius 1 is 0.628 bits per heavy atom. The molecule has 2 N–H and O–H groups in total. The minimum atomic E-state index is -1.03. The highest BCUT2D eigenvalue weighted by Crippen LogP contribution is 2.16. The van der Waals surface area contributed by atoms with Gasteiger partial charge in [-0.2, -0.15) is 0 Å². The first-order chi connectivity index (χ1) is 21.0. The summed E-state index contributed by atoms with van der Waals surface area (Å²) in [4.78, 5) is 34.7. The average Bonchev–Trinajstić information content (AvgIpc) is 2.99. The first kappa shape index (κ1) is 40.9. The van der Waals surface area contributed by atoms with E-state index in [1.807, 2.05) is 6.08 Å². The van der Waals surface area contributed by atoms with Gasteiger partial charge in [-0.15, -0.1) is 0 Å². The summed E-state index contributed by atoms with van der Waals surface area (Å²) >= 11 is 0. The fraction of sp³-hybridized carbons (Fsp3) is 0.811. The monoisotopic (exact) mass is 606 g/mol. The van der Waals surface area contributed by atoms with E-state index in [0.717, 1.165) is 64.2 Å². The van der Waals surface area contributed by atoms with Crippen LogP contribution >= 0.6 is 0 Å². The van der Waals surface area contributed by atoms with Crippen molar-refractivity contribution in [2.24, 2.45) is 0 Å². The summed E-state index contributed by atoms with van der Waals surface area (Å²) in [7, 11) is 0. The van der Waals surface area contributed by atoms with Gasteiger partial charge in [0.25, 0.3) is 0 Å². The van der Waals surface area contributed by atoms with Crippen molar-refractivity contribution in [1.82, 2.24) is 5.32 Å². The van der Waals surface area contributed by atoms with Gasteiger partial charge in [0.2, 0.25) is 5.91 Å². The number of hydrogen-bond acceptors (Lipinski definition) is 4. The van der Waals surface area contributed by atoms with Crippen LogP contribution < -0.4 is 5.32 Å². The highest BCUT2D eigenvalue weighted by molar-refractivity contribution is 5.80. The molecule has 0 aliphatic heterocycles. The molecule has 0 fully saturated rings. The van der Waals surface area contributed by atoms with E-state index in [1.54, 1.807) is 0 Å². The minimum absolute atomic E-state index is 0.100. The van der Waals surface area contributed by atoms with Crippen molar-refractivity contribution in [1.29, 1.82) is 0 Å². The highest BCUT2D eigenvalue weighted by Gasteiger charge is 2.11.